The third-order valence-electron chi connectivity index (χ3n) is 3.14. The third kappa shape index (κ3) is 2.58. The molecule has 0 N–H and O–H groups in total. The van der Waals surface area contributed by atoms with Crippen molar-refractivity contribution in [1.29, 1.82) is 0 Å². The second-order valence-corrected chi connectivity index (χ2v) is 4.45. The van der Waals surface area contributed by atoms with Gasteiger partial charge in [-0.25, -0.2) is 0 Å². The van der Waals surface area contributed by atoms with E-state index in [4.69, 9.17) is 14.2 Å². The van der Waals surface area contributed by atoms with Gasteiger partial charge in [-0.3, -0.25) is 4.79 Å². The van der Waals surface area contributed by atoms with Crippen LogP contribution in [0.1, 0.15) is 18.4 Å². The first-order valence-corrected chi connectivity index (χ1v) is 6.01. The largest absolute Gasteiger partial charge is 0.493 e. The zero-order chi connectivity index (χ0) is 13.1. The predicted molar refractivity (Wildman–Crippen MR) is 67.5 cm³/mol. The van der Waals surface area contributed by atoms with Gasteiger partial charge in [0, 0.05) is 12.3 Å². The number of rotatable bonds is 6. The molecule has 0 atom stereocenters. The quantitative estimate of drug-likeness (QED) is 0.776. The Balaban J connectivity index is 2.27. The topological polar surface area (TPSA) is 44.8 Å². The van der Waals surface area contributed by atoms with Gasteiger partial charge in [0.2, 0.25) is 5.75 Å². The summed E-state index contributed by atoms with van der Waals surface area (Å²) in [7, 11) is 4.71. The van der Waals surface area contributed by atoms with Gasteiger partial charge in [0.15, 0.2) is 11.5 Å². The fraction of sp³-hybridized carbons (Fsp3) is 0.500. The molecule has 1 aliphatic carbocycles. The van der Waals surface area contributed by atoms with Crippen molar-refractivity contribution < 1.29 is 19.0 Å². The van der Waals surface area contributed by atoms with Crippen LogP contribution in [0, 0.1) is 5.92 Å². The Morgan fingerprint density at radius 2 is 1.67 bits per heavy atom. The molecule has 0 bridgehead atoms. The fourth-order valence-electron chi connectivity index (χ4n) is 1.99. The number of carbonyl (C=O) groups excluding carboxylic acids is 1. The van der Waals surface area contributed by atoms with Crippen LogP contribution >= 0.6 is 0 Å². The van der Waals surface area contributed by atoms with Gasteiger partial charge in [-0.2, -0.15) is 0 Å². The number of hydrogen-bond donors (Lipinski definition) is 0. The van der Waals surface area contributed by atoms with E-state index in [2.05, 4.69) is 0 Å². The van der Waals surface area contributed by atoms with Crippen molar-refractivity contribution in [3.8, 4) is 17.2 Å². The molecule has 98 valence electrons. The van der Waals surface area contributed by atoms with Crippen LogP contribution in [0.2, 0.25) is 0 Å². The first-order chi connectivity index (χ1) is 8.69. The van der Waals surface area contributed by atoms with Crippen molar-refractivity contribution in [2.45, 2.75) is 19.3 Å². The van der Waals surface area contributed by atoms with Crippen molar-refractivity contribution in [3.05, 3.63) is 17.7 Å². The van der Waals surface area contributed by atoms with E-state index in [0.717, 1.165) is 18.4 Å². The van der Waals surface area contributed by atoms with Crippen LogP contribution in [0.5, 0.6) is 17.2 Å². The second kappa shape index (κ2) is 5.29. The Labute approximate surface area is 107 Å². The number of benzene rings is 1. The maximum Gasteiger partial charge on any atom is 0.203 e. The van der Waals surface area contributed by atoms with E-state index in [9.17, 15) is 4.79 Å². The van der Waals surface area contributed by atoms with Crippen LogP contribution in [-0.4, -0.2) is 27.1 Å². The first-order valence-electron chi connectivity index (χ1n) is 6.01. The molecular weight excluding hydrogens is 232 g/mol. The summed E-state index contributed by atoms with van der Waals surface area (Å²) in [6, 6.07) is 3.67. The highest BCUT2D eigenvalue weighted by Gasteiger charge is 2.29. The van der Waals surface area contributed by atoms with Crippen molar-refractivity contribution in [3.63, 3.8) is 0 Å². The molecule has 18 heavy (non-hydrogen) atoms. The van der Waals surface area contributed by atoms with Gasteiger partial charge in [-0.05, 0) is 30.5 Å². The maximum absolute atomic E-state index is 11.8. The zero-order valence-corrected chi connectivity index (χ0v) is 11.0. The minimum absolute atomic E-state index is 0.268. The minimum atomic E-state index is 0.268. The van der Waals surface area contributed by atoms with Crippen molar-refractivity contribution in [1.82, 2.24) is 0 Å². The van der Waals surface area contributed by atoms with Crippen LogP contribution in [0.25, 0.3) is 0 Å². The molecule has 0 amide bonds. The smallest absolute Gasteiger partial charge is 0.203 e. The Morgan fingerprint density at radius 3 is 2.06 bits per heavy atom. The number of ketones is 1. The summed E-state index contributed by atoms with van der Waals surface area (Å²) in [5, 5.41) is 0. The molecule has 1 aliphatic rings. The van der Waals surface area contributed by atoms with Crippen LogP contribution in [-0.2, 0) is 11.2 Å². The highest BCUT2D eigenvalue weighted by Crippen LogP contribution is 2.39. The standard InChI is InChI=1S/C14H18O4/c1-16-12-7-9(6-11(15)10-4-5-10)8-13(17-2)14(12)18-3/h7-8,10H,4-6H2,1-3H3. The summed E-state index contributed by atoms with van der Waals surface area (Å²) in [6.07, 6.45) is 2.49. The highest BCUT2D eigenvalue weighted by atomic mass is 16.5. The lowest BCUT2D eigenvalue weighted by molar-refractivity contribution is -0.119. The number of methoxy groups -OCH3 is 3. The maximum atomic E-state index is 11.8. The molecule has 4 heteroatoms. The molecule has 1 aromatic rings. The minimum Gasteiger partial charge on any atom is -0.493 e. The summed E-state index contributed by atoms with van der Waals surface area (Å²) in [4.78, 5) is 11.8. The number of Topliss-reactive ketones (excluding diaryl/α,β-unsaturated/α-hetero) is 1. The van der Waals surface area contributed by atoms with E-state index in [0.29, 0.717) is 29.5 Å². The van der Waals surface area contributed by atoms with Crippen molar-refractivity contribution in [2.75, 3.05) is 21.3 Å². The molecule has 1 fully saturated rings. The SMILES string of the molecule is COc1cc(CC(=O)C2CC2)cc(OC)c1OC. The monoisotopic (exact) mass is 250 g/mol. The van der Waals surface area contributed by atoms with Gasteiger partial charge >= 0.3 is 0 Å². The van der Waals surface area contributed by atoms with E-state index in [1.54, 1.807) is 21.3 Å². The number of carbonyl (C=O) groups is 1. The second-order valence-electron chi connectivity index (χ2n) is 4.45. The lowest BCUT2D eigenvalue weighted by atomic mass is 10.0. The third-order valence-corrected chi connectivity index (χ3v) is 3.14. The van der Waals surface area contributed by atoms with Crippen LogP contribution in [0.4, 0.5) is 0 Å². The molecule has 0 aliphatic heterocycles. The summed E-state index contributed by atoms with van der Waals surface area (Å²) < 4.78 is 15.8. The van der Waals surface area contributed by atoms with Crippen LogP contribution < -0.4 is 14.2 Å². The molecule has 4 nitrogen and oxygen atoms in total. The van der Waals surface area contributed by atoms with Gasteiger partial charge < -0.3 is 14.2 Å². The average Bonchev–Trinajstić information content (AvgIpc) is 3.21. The van der Waals surface area contributed by atoms with Gasteiger partial charge in [0.1, 0.15) is 5.78 Å². The first kappa shape index (κ1) is 12.7. The molecule has 2 rings (SSSR count). The van der Waals surface area contributed by atoms with Crippen LogP contribution in [0.3, 0.4) is 0 Å². The number of ether oxygens (including phenoxy) is 3. The lowest BCUT2D eigenvalue weighted by Crippen LogP contribution is -2.05. The molecule has 0 saturated heterocycles. The average molecular weight is 250 g/mol. The van der Waals surface area contributed by atoms with Gasteiger partial charge in [-0.1, -0.05) is 0 Å². The molecule has 0 heterocycles. The molecular formula is C14H18O4. The Bertz CT molecular complexity index is 424. The number of hydrogen-bond acceptors (Lipinski definition) is 4. The van der Waals surface area contributed by atoms with E-state index in [1.165, 1.54) is 0 Å². The summed E-state index contributed by atoms with van der Waals surface area (Å²) in [6.45, 7) is 0. The van der Waals surface area contributed by atoms with Crippen molar-refractivity contribution >= 4 is 5.78 Å². The molecule has 0 unspecified atom stereocenters. The van der Waals surface area contributed by atoms with E-state index in [1.807, 2.05) is 12.1 Å². The Kier molecular flexibility index (Phi) is 3.75. The lowest BCUT2D eigenvalue weighted by Gasteiger charge is -2.13. The summed E-state index contributed by atoms with van der Waals surface area (Å²) in [5.41, 5.74) is 0.904. The predicted octanol–water partition coefficient (Wildman–Crippen LogP) is 2.23. The van der Waals surface area contributed by atoms with Crippen molar-refractivity contribution in [2.24, 2.45) is 5.92 Å². The molecule has 0 radical (unpaired) electrons. The molecule has 0 spiro atoms. The molecule has 1 saturated carbocycles. The highest BCUT2D eigenvalue weighted by molar-refractivity contribution is 5.85. The van der Waals surface area contributed by atoms with E-state index in [-0.39, 0.29) is 5.92 Å². The zero-order valence-electron chi connectivity index (χ0n) is 11.0. The normalized spacial score (nSPS) is 14.2. The molecule has 1 aromatic carbocycles. The van der Waals surface area contributed by atoms with Gasteiger partial charge in [-0.15, -0.1) is 0 Å². The van der Waals surface area contributed by atoms with Crippen LogP contribution in [0.15, 0.2) is 12.1 Å². The molecule has 0 aromatic heterocycles. The summed E-state index contributed by atoms with van der Waals surface area (Å²) in [5.74, 6) is 2.31. The van der Waals surface area contributed by atoms with Gasteiger partial charge in [0.05, 0.1) is 21.3 Å². The van der Waals surface area contributed by atoms with Gasteiger partial charge in [0.25, 0.3) is 0 Å². The Hall–Kier alpha value is -1.71. The Morgan fingerprint density at radius 1 is 1.11 bits per heavy atom. The summed E-state index contributed by atoms with van der Waals surface area (Å²) >= 11 is 0. The fourth-order valence-corrected chi connectivity index (χ4v) is 1.99. The van der Waals surface area contributed by atoms with E-state index < -0.39 is 0 Å². The van der Waals surface area contributed by atoms with E-state index >= 15 is 0 Å².